The van der Waals surface area contributed by atoms with Gasteiger partial charge in [-0.15, -0.1) is 11.3 Å². The Bertz CT molecular complexity index is 397. The summed E-state index contributed by atoms with van der Waals surface area (Å²) in [6.07, 6.45) is 4.78. The number of aliphatic hydroxyl groups excluding tert-OH is 1. The number of hydrogen-bond donors (Lipinski definition) is 1. The van der Waals surface area contributed by atoms with Crippen molar-refractivity contribution in [3.8, 4) is 11.8 Å². The number of rotatable bonds is 1. The zero-order valence-corrected chi connectivity index (χ0v) is 9.74. The van der Waals surface area contributed by atoms with E-state index in [4.69, 9.17) is 4.74 Å². The largest absolute Gasteiger partial charge is 0.390 e. The van der Waals surface area contributed by atoms with Crippen LogP contribution in [0.25, 0.3) is 0 Å². The lowest BCUT2D eigenvalue weighted by molar-refractivity contribution is -0.0483. The zero-order valence-electron chi connectivity index (χ0n) is 8.93. The van der Waals surface area contributed by atoms with Crippen molar-refractivity contribution >= 4 is 11.3 Å². The molecule has 16 heavy (non-hydrogen) atoms. The highest BCUT2D eigenvalue weighted by atomic mass is 32.1. The van der Waals surface area contributed by atoms with E-state index in [0.29, 0.717) is 0 Å². The quantitative estimate of drug-likeness (QED) is 0.755. The van der Waals surface area contributed by atoms with E-state index in [1.807, 2.05) is 23.6 Å². The van der Waals surface area contributed by atoms with Crippen LogP contribution in [0.2, 0.25) is 0 Å². The number of thiophene rings is 1. The van der Waals surface area contributed by atoms with Gasteiger partial charge < -0.3 is 9.84 Å². The molecule has 0 aliphatic carbocycles. The van der Waals surface area contributed by atoms with Crippen LogP contribution in [0.1, 0.15) is 17.7 Å². The number of aliphatic hydroxyl groups is 1. The Kier molecular flexibility index (Phi) is 4.17. The van der Waals surface area contributed by atoms with Crippen LogP contribution in [0.15, 0.2) is 29.7 Å². The summed E-state index contributed by atoms with van der Waals surface area (Å²) in [4.78, 5) is 1.05. The number of ether oxygens (including phenoxy) is 1. The summed E-state index contributed by atoms with van der Waals surface area (Å²) >= 11 is 1.62. The Labute approximate surface area is 99.6 Å². The molecular formula is C13H14O2S. The van der Waals surface area contributed by atoms with Crippen LogP contribution < -0.4 is 0 Å². The molecule has 0 radical (unpaired) electrons. The monoisotopic (exact) mass is 234 g/mol. The minimum atomic E-state index is -0.381. The Balaban J connectivity index is 1.89. The Morgan fingerprint density at radius 1 is 1.56 bits per heavy atom. The number of hydrogen-bond acceptors (Lipinski definition) is 3. The Morgan fingerprint density at radius 3 is 3.25 bits per heavy atom. The summed E-state index contributed by atoms with van der Waals surface area (Å²) in [5.74, 6) is 5.97. The maximum absolute atomic E-state index is 9.63. The molecule has 1 aliphatic rings. The standard InChI is InChI=1S/C13H14O2S/c14-12-7-3-9-15-13(12)8-2-1-5-11-6-4-10-16-11/h2,4,6,8,10,12-14H,3,7,9H2/t12-,13+/m1/s1. The third kappa shape index (κ3) is 3.21. The lowest BCUT2D eigenvalue weighted by Gasteiger charge is -2.25. The van der Waals surface area contributed by atoms with Crippen LogP contribution in [0.4, 0.5) is 0 Å². The molecule has 0 amide bonds. The van der Waals surface area contributed by atoms with Gasteiger partial charge in [-0.2, -0.15) is 0 Å². The molecule has 2 rings (SSSR count). The molecule has 0 unspecified atom stereocenters. The van der Waals surface area contributed by atoms with E-state index in [9.17, 15) is 5.11 Å². The van der Waals surface area contributed by atoms with Crippen LogP contribution >= 0.6 is 11.3 Å². The third-order valence-electron chi connectivity index (χ3n) is 2.42. The summed E-state index contributed by atoms with van der Waals surface area (Å²) < 4.78 is 5.43. The second kappa shape index (κ2) is 5.86. The summed E-state index contributed by atoms with van der Waals surface area (Å²) in [5.41, 5.74) is 0. The van der Waals surface area contributed by atoms with Gasteiger partial charge in [0, 0.05) is 6.61 Å². The van der Waals surface area contributed by atoms with Crippen molar-refractivity contribution < 1.29 is 9.84 Å². The van der Waals surface area contributed by atoms with Gasteiger partial charge in [0.2, 0.25) is 0 Å². The highest BCUT2D eigenvalue weighted by molar-refractivity contribution is 7.10. The first-order valence-electron chi connectivity index (χ1n) is 5.37. The molecule has 0 aromatic carbocycles. The predicted molar refractivity (Wildman–Crippen MR) is 65.3 cm³/mol. The highest BCUT2D eigenvalue weighted by Gasteiger charge is 2.20. The molecule has 2 atom stereocenters. The fourth-order valence-electron chi connectivity index (χ4n) is 1.58. The van der Waals surface area contributed by atoms with Crippen molar-refractivity contribution in [1.29, 1.82) is 0 Å². The highest BCUT2D eigenvalue weighted by Crippen LogP contribution is 2.14. The zero-order chi connectivity index (χ0) is 11.2. The minimum Gasteiger partial charge on any atom is -0.390 e. The van der Waals surface area contributed by atoms with Gasteiger partial charge in [0.05, 0.1) is 11.0 Å². The summed E-state index contributed by atoms with van der Waals surface area (Å²) in [6.45, 7) is 0.727. The maximum Gasteiger partial charge on any atom is 0.102 e. The van der Waals surface area contributed by atoms with E-state index in [1.54, 1.807) is 17.4 Å². The molecule has 1 aromatic heterocycles. The molecule has 0 saturated carbocycles. The molecule has 84 valence electrons. The van der Waals surface area contributed by atoms with Crippen molar-refractivity contribution in [2.24, 2.45) is 0 Å². The van der Waals surface area contributed by atoms with Gasteiger partial charge in [-0.25, -0.2) is 0 Å². The minimum absolute atomic E-state index is 0.189. The van der Waals surface area contributed by atoms with Crippen molar-refractivity contribution in [1.82, 2.24) is 0 Å². The van der Waals surface area contributed by atoms with E-state index in [2.05, 4.69) is 11.8 Å². The van der Waals surface area contributed by atoms with Crippen LogP contribution in [0, 0.1) is 11.8 Å². The van der Waals surface area contributed by atoms with Gasteiger partial charge >= 0.3 is 0 Å². The molecule has 2 heterocycles. The second-order valence-electron chi connectivity index (χ2n) is 3.65. The van der Waals surface area contributed by atoms with Crippen LogP contribution in [-0.2, 0) is 4.74 Å². The van der Waals surface area contributed by atoms with Gasteiger partial charge in [0.1, 0.15) is 6.10 Å². The summed E-state index contributed by atoms with van der Waals surface area (Å²) in [6, 6.07) is 3.96. The van der Waals surface area contributed by atoms with Crippen LogP contribution in [0.3, 0.4) is 0 Å². The third-order valence-corrected chi connectivity index (χ3v) is 3.20. The van der Waals surface area contributed by atoms with E-state index in [1.165, 1.54) is 0 Å². The average Bonchev–Trinajstić information content (AvgIpc) is 2.79. The van der Waals surface area contributed by atoms with Gasteiger partial charge in [-0.05, 0) is 36.4 Å². The second-order valence-corrected chi connectivity index (χ2v) is 4.60. The van der Waals surface area contributed by atoms with Gasteiger partial charge in [0.15, 0.2) is 0 Å². The SMILES string of the molecule is O[C@@H]1CCCO[C@H]1C=CC#Cc1cccs1. The lowest BCUT2D eigenvalue weighted by atomic mass is 10.1. The van der Waals surface area contributed by atoms with Gasteiger partial charge in [-0.3, -0.25) is 0 Å². The van der Waals surface area contributed by atoms with E-state index in [-0.39, 0.29) is 12.2 Å². The summed E-state index contributed by atoms with van der Waals surface area (Å²) in [5, 5.41) is 11.6. The van der Waals surface area contributed by atoms with Crippen molar-refractivity contribution in [3.05, 3.63) is 34.5 Å². The smallest absolute Gasteiger partial charge is 0.102 e. The van der Waals surface area contributed by atoms with Gasteiger partial charge in [-0.1, -0.05) is 17.9 Å². The molecule has 0 spiro atoms. The normalized spacial score (nSPS) is 25.3. The molecular weight excluding hydrogens is 220 g/mol. The van der Waals surface area contributed by atoms with Gasteiger partial charge in [0.25, 0.3) is 0 Å². The Hall–Kier alpha value is -1.08. The fourth-order valence-corrected chi connectivity index (χ4v) is 2.16. The molecule has 1 aromatic rings. The summed E-state index contributed by atoms with van der Waals surface area (Å²) in [7, 11) is 0. The molecule has 1 saturated heterocycles. The molecule has 0 bridgehead atoms. The van der Waals surface area contributed by atoms with Crippen LogP contribution in [-0.4, -0.2) is 23.9 Å². The Morgan fingerprint density at radius 2 is 2.50 bits per heavy atom. The lowest BCUT2D eigenvalue weighted by Crippen LogP contribution is -2.32. The maximum atomic E-state index is 9.63. The molecule has 1 fully saturated rings. The first-order valence-corrected chi connectivity index (χ1v) is 6.25. The van der Waals surface area contributed by atoms with E-state index >= 15 is 0 Å². The predicted octanol–water partition coefficient (Wildman–Crippen LogP) is 2.20. The number of allylic oxidation sites excluding steroid dienone is 1. The topological polar surface area (TPSA) is 29.5 Å². The fraction of sp³-hybridized carbons (Fsp3) is 0.385. The molecule has 3 heteroatoms. The van der Waals surface area contributed by atoms with Crippen molar-refractivity contribution in [3.63, 3.8) is 0 Å². The first-order chi connectivity index (χ1) is 7.86. The van der Waals surface area contributed by atoms with Crippen LogP contribution in [0.5, 0.6) is 0 Å². The first kappa shape index (κ1) is 11.4. The van der Waals surface area contributed by atoms with Crippen molar-refractivity contribution in [2.75, 3.05) is 6.61 Å². The van der Waals surface area contributed by atoms with E-state index < -0.39 is 0 Å². The molecule has 2 nitrogen and oxygen atoms in total. The van der Waals surface area contributed by atoms with Crippen molar-refractivity contribution in [2.45, 2.75) is 25.0 Å². The molecule has 1 aliphatic heterocycles. The van der Waals surface area contributed by atoms with E-state index in [0.717, 1.165) is 24.3 Å². The average molecular weight is 234 g/mol. The molecule has 1 N–H and O–H groups in total.